The number of hydrogen-bond acceptors (Lipinski definition) is 4. The molecule has 1 N–H and O–H groups in total. The molecule has 0 fully saturated rings. The predicted molar refractivity (Wildman–Crippen MR) is 60.2 cm³/mol. The lowest BCUT2D eigenvalue weighted by Crippen LogP contribution is -2.22. The monoisotopic (exact) mass is 223 g/mol. The second-order valence-electron chi connectivity index (χ2n) is 3.36. The first-order valence-corrected chi connectivity index (χ1v) is 4.56. The molecule has 0 unspecified atom stereocenters. The molecule has 0 saturated heterocycles. The van der Waals surface area contributed by atoms with Crippen LogP contribution in [0, 0.1) is 15.5 Å². The van der Waals surface area contributed by atoms with Gasteiger partial charge in [-0.25, -0.2) is 0 Å². The van der Waals surface area contributed by atoms with Crippen molar-refractivity contribution in [2.75, 3.05) is 21.2 Å². The lowest BCUT2D eigenvalue weighted by Gasteiger charge is -2.15. The Balaban J connectivity index is 3.35. The maximum absolute atomic E-state index is 10.8. The Morgan fingerprint density at radius 3 is 2.56 bits per heavy atom. The van der Waals surface area contributed by atoms with Gasteiger partial charge < -0.3 is 9.64 Å². The van der Waals surface area contributed by atoms with Gasteiger partial charge in [0.25, 0.3) is 0 Å². The molecule has 0 aliphatic heterocycles. The number of rotatable bonds is 3. The van der Waals surface area contributed by atoms with E-state index in [1.165, 1.54) is 19.2 Å². The highest BCUT2D eigenvalue weighted by Gasteiger charge is 2.21. The molecule has 1 aromatic rings. The minimum Gasteiger partial charge on any atom is -0.490 e. The summed E-state index contributed by atoms with van der Waals surface area (Å²) >= 11 is 0. The number of hydrogen-bond donors (Lipinski definition) is 1. The van der Waals surface area contributed by atoms with E-state index in [1.54, 1.807) is 25.1 Å². The molecule has 0 atom stereocenters. The van der Waals surface area contributed by atoms with Gasteiger partial charge >= 0.3 is 5.69 Å². The second kappa shape index (κ2) is 4.61. The second-order valence-corrected chi connectivity index (χ2v) is 3.36. The number of nitrogens with zero attached hydrogens (tertiary/aromatic N) is 2. The molecule has 0 radical (unpaired) electrons. The van der Waals surface area contributed by atoms with Gasteiger partial charge in [-0.1, -0.05) is 6.07 Å². The quantitative estimate of drug-likeness (QED) is 0.364. The van der Waals surface area contributed by atoms with E-state index in [9.17, 15) is 10.1 Å². The Hall–Kier alpha value is -2.11. The molecule has 0 aliphatic rings. The molecular formula is C10H13N3O3. The molecule has 0 saturated carbocycles. The molecule has 0 bridgehead atoms. The van der Waals surface area contributed by atoms with Crippen LogP contribution in [0.4, 0.5) is 5.69 Å². The van der Waals surface area contributed by atoms with Gasteiger partial charge in [-0.05, 0) is 6.07 Å². The minimum absolute atomic E-state index is 0.117. The average molecular weight is 223 g/mol. The largest absolute Gasteiger partial charge is 0.490 e. The van der Waals surface area contributed by atoms with Crippen LogP contribution in [-0.2, 0) is 0 Å². The lowest BCUT2D eigenvalue weighted by molar-refractivity contribution is -0.385. The minimum atomic E-state index is -0.523. The molecule has 86 valence electrons. The maximum atomic E-state index is 10.8. The van der Waals surface area contributed by atoms with Gasteiger partial charge in [0, 0.05) is 20.2 Å². The van der Waals surface area contributed by atoms with Crippen LogP contribution in [0.1, 0.15) is 5.56 Å². The standard InChI is InChI=1S/C10H13N3O3/c1-12(2)10(11)7-5-4-6-8(13(14)15)9(7)16-3/h4-6,11H,1-3H3. The van der Waals surface area contributed by atoms with Crippen molar-refractivity contribution < 1.29 is 9.66 Å². The lowest BCUT2D eigenvalue weighted by atomic mass is 10.1. The van der Waals surface area contributed by atoms with E-state index in [2.05, 4.69) is 0 Å². The molecule has 16 heavy (non-hydrogen) atoms. The number of nitrogens with one attached hydrogen (secondary N) is 1. The molecule has 1 rings (SSSR count). The molecule has 1 aromatic carbocycles. The summed E-state index contributed by atoms with van der Waals surface area (Å²) in [7, 11) is 4.75. The van der Waals surface area contributed by atoms with Gasteiger partial charge in [-0.15, -0.1) is 0 Å². The molecule has 0 aromatic heterocycles. The fourth-order valence-electron chi connectivity index (χ4n) is 1.31. The summed E-state index contributed by atoms with van der Waals surface area (Å²) in [5, 5.41) is 18.6. The first-order valence-electron chi connectivity index (χ1n) is 4.56. The normalized spacial score (nSPS) is 9.69. The van der Waals surface area contributed by atoms with E-state index in [1.807, 2.05) is 0 Å². The SMILES string of the molecule is COc1c(C(=N)N(C)C)cccc1[N+](=O)[O-]. The van der Waals surface area contributed by atoms with Crippen LogP contribution in [0.25, 0.3) is 0 Å². The van der Waals surface area contributed by atoms with Crippen molar-refractivity contribution in [1.29, 1.82) is 5.41 Å². The van der Waals surface area contributed by atoms with E-state index in [0.29, 0.717) is 5.56 Å². The third-order valence-corrected chi connectivity index (χ3v) is 2.10. The van der Waals surface area contributed by atoms with Crippen molar-refractivity contribution in [1.82, 2.24) is 4.90 Å². The number of methoxy groups -OCH3 is 1. The number of benzene rings is 1. The summed E-state index contributed by atoms with van der Waals surface area (Å²) < 4.78 is 5.00. The number of nitro benzene ring substituents is 1. The van der Waals surface area contributed by atoms with Crippen LogP contribution in [0.15, 0.2) is 18.2 Å². The highest BCUT2D eigenvalue weighted by Crippen LogP contribution is 2.30. The zero-order chi connectivity index (χ0) is 12.3. The first-order chi connectivity index (χ1) is 7.49. The molecule has 0 spiro atoms. The highest BCUT2D eigenvalue weighted by molar-refractivity contribution is 5.99. The summed E-state index contributed by atoms with van der Waals surface area (Å²) in [6, 6.07) is 4.51. The predicted octanol–water partition coefficient (Wildman–Crippen LogP) is 1.49. The average Bonchev–Trinajstić information content (AvgIpc) is 2.26. The van der Waals surface area contributed by atoms with Gasteiger partial charge in [0.1, 0.15) is 5.84 Å². The van der Waals surface area contributed by atoms with E-state index in [-0.39, 0.29) is 17.3 Å². The van der Waals surface area contributed by atoms with Gasteiger partial charge in [0.05, 0.1) is 17.6 Å². The third-order valence-electron chi connectivity index (χ3n) is 2.10. The molecular weight excluding hydrogens is 210 g/mol. The first kappa shape index (κ1) is 12.0. The fourth-order valence-corrected chi connectivity index (χ4v) is 1.31. The Labute approximate surface area is 93.1 Å². The van der Waals surface area contributed by atoms with E-state index in [0.717, 1.165) is 0 Å². The Morgan fingerprint density at radius 2 is 2.12 bits per heavy atom. The van der Waals surface area contributed by atoms with Crippen LogP contribution < -0.4 is 4.74 Å². The molecule has 6 heteroatoms. The number of amidine groups is 1. The van der Waals surface area contributed by atoms with E-state index >= 15 is 0 Å². The number of ether oxygens (including phenoxy) is 1. The summed E-state index contributed by atoms with van der Waals surface area (Å²) in [4.78, 5) is 11.8. The summed E-state index contributed by atoms with van der Waals surface area (Å²) in [5.41, 5.74) is 0.272. The van der Waals surface area contributed by atoms with E-state index in [4.69, 9.17) is 10.1 Å². The Morgan fingerprint density at radius 1 is 1.50 bits per heavy atom. The van der Waals surface area contributed by atoms with Crippen molar-refractivity contribution in [3.63, 3.8) is 0 Å². The number of nitro groups is 1. The van der Waals surface area contributed by atoms with Crippen molar-refractivity contribution in [3.8, 4) is 5.75 Å². The van der Waals surface area contributed by atoms with Crippen molar-refractivity contribution >= 4 is 11.5 Å². The van der Waals surface area contributed by atoms with Crippen LogP contribution >= 0.6 is 0 Å². The summed E-state index contributed by atoms with van der Waals surface area (Å²) in [6.07, 6.45) is 0. The van der Waals surface area contributed by atoms with Crippen molar-refractivity contribution in [2.24, 2.45) is 0 Å². The van der Waals surface area contributed by atoms with Crippen LogP contribution in [-0.4, -0.2) is 36.9 Å². The zero-order valence-corrected chi connectivity index (χ0v) is 9.35. The molecule has 0 amide bonds. The summed E-state index contributed by atoms with van der Waals surface area (Å²) in [6.45, 7) is 0. The van der Waals surface area contributed by atoms with E-state index < -0.39 is 4.92 Å². The molecule has 0 heterocycles. The van der Waals surface area contributed by atoms with Gasteiger partial charge in [0.2, 0.25) is 5.75 Å². The molecule has 0 aliphatic carbocycles. The maximum Gasteiger partial charge on any atom is 0.311 e. The van der Waals surface area contributed by atoms with Crippen molar-refractivity contribution in [2.45, 2.75) is 0 Å². The molecule has 6 nitrogen and oxygen atoms in total. The van der Waals surface area contributed by atoms with Crippen LogP contribution in [0.5, 0.6) is 5.75 Å². The van der Waals surface area contributed by atoms with Gasteiger partial charge in [-0.2, -0.15) is 0 Å². The van der Waals surface area contributed by atoms with Crippen LogP contribution in [0.3, 0.4) is 0 Å². The van der Waals surface area contributed by atoms with Gasteiger partial charge in [-0.3, -0.25) is 15.5 Å². The topological polar surface area (TPSA) is 79.5 Å². The highest BCUT2D eigenvalue weighted by atomic mass is 16.6. The fraction of sp³-hybridized carbons (Fsp3) is 0.300. The summed E-state index contributed by atoms with van der Waals surface area (Å²) in [5.74, 6) is 0.284. The van der Waals surface area contributed by atoms with Crippen molar-refractivity contribution in [3.05, 3.63) is 33.9 Å². The Kier molecular flexibility index (Phi) is 3.44. The zero-order valence-electron chi connectivity index (χ0n) is 9.35. The van der Waals surface area contributed by atoms with Crippen LogP contribution in [0.2, 0.25) is 0 Å². The van der Waals surface area contributed by atoms with Gasteiger partial charge in [0.15, 0.2) is 0 Å². The number of para-hydroxylation sites is 1. The third kappa shape index (κ3) is 2.10. The Bertz CT molecular complexity index is 429. The smallest absolute Gasteiger partial charge is 0.311 e.